The number of hydrogen-bond donors (Lipinski definition) is 2. The maximum Gasteiger partial charge on any atom is 0.315 e. The number of para-hydroxylation sites is 1. The van der Waals surface area contributed by atoms with Gasteiger partial charge < -0.3 is 20.1 Å². The van der Waals surface area contributed by atoms with Crippen molar-refractivity contribution in [3.05, 3.63) is 29.8 Å². The molecule has 0 fully saturated rings. The van der Waals surface area contributed by atoms with Crippen molar-refractivity contribution >= 4 is 6.03 Å². The molecule has 2 amide bonds. The van der Waals surface area contributed by atoms with E-state index in [1.165, 1.54) is 0 Å². The second-order valence-corrected chi connectivity index (χ2v) is 5.28. The van der Waals surface area contributed by atoms with Crippen LogP contribution >= 0.6 is 0 Å². The molecule has 2 N–H and O–H groups in total. The zero-order chi connectivity index (χ0) is 15.2. The molecular weight excluding hydrogens is 256 g/mol. The molecule has 0 unspecified atom stereocenters. The fraction of sp³-hybridized carbons (Fsp3) is 0.533. The standard InChI is InChI=1S/C15H24N2O3/c1-11(10-19-4)16-14(18)17-15(2,3)12-8-6-7-9-13(12)20-5/h6-9,11H,10H2,1-5H3,(H2,16,17,18)/t11-/m0/s1. The van der Waals surface area contributed by atoms with Gasteiger partial charge in [0.2, 0.25) is 0 Å². The van der Waals surface area contributed by atoms with Crippen LogP contribution in [0.15, 0.2) is 24.3 Å². The highest BCUT2D eigenvalue weighted by atomic mass is 16.5. The van der Waals surface area contributed by atoms with Gasteiger partial charge in [0.15, 0.2) is 0 Å². The van der Waals surface area contributed by atoms with E-state index < -0.39 is 5.54 Å². The van der Waals surface area contributed by atoms with Crippen LogP contribution in [0.25, 0.3) is 0 Å². The van der Waals surface area contributed by atoms with Gasteiger partial charge in [0.05, 0.1) is 25.3 Å². The Morgan fingerprint density at radius 1 is 1.30 bits per heavy atom. The minimum Gasteiger partial charge on any atom is -0.496 e. The van der Waals surface area contributed by atoms with Crippen LogP contribution in [0.1, 0.15) is 26.3 Å². The molecule has 0 aromatic heterocycles. The molecule has 0 saturated heterocycles. The number of nitrogens with one attached hydrogen (secondary N) is 2. The Labute approximate surface area is 120 Å². The summed E-state index contributed by atoms with van der Waals surface area (Å²) in [5.41, 5.74) is 0.390. The van der Waals surface area contributed by atoms with E-state index in [1.807, 2.05) is 45.0 Å². The quantitative estimate of drug-likeness (QED) is 0.840. The summed E-state index contributed by atoms with van der Waals surface area (Å²) >= 11 is 0. The van der Waals surface area contributed by atoms with Crippen molar-refractivity contribution in [1.29, 1.82) is 0 Å². The number of amides is 2. The first-order chi connectivity index (χ1) is 9.40. The van der Waals surface area contributed by atoms with Gasteiger partial charge in [0, 0.05) is 12.7 Å². The van der Waals surface area contributed by atoms with Crippen molar-refractivity contribution in [3.63, 3.8) is 0 Å². The van der Waals surface area contributed by atoms with Crippen LogP contribution in [-0.4, -0.2) is 32.9 Å². The summed E-state index contributed by atoms with van der Waals surface area (Å²) in [5, 5.41) is 5.78. The molecule has 0 bridgehead atoms. The minimum absolute atomic E-state index is 0.0477. The first-order valence-electron chi connectivity index (χ1n) is 6.62. The number of urea groups is 1. The Bertz CT molecular complexity index is 446. The molecule has 0 saturated carbocycles. The Kier molecular flexibility index (Phi) is 5.82. The third-order valence-electron chi connectivity index (χ3n) is 3.00. The molecule has 0 spiro atoms. The largest absolute Gasteiger partial charge is 0.496 e. The Hall–Kier alpha value is -1.75. The fourth-order valence-corrected chi connectivity index (χ4v) is 2.06. The van der Waals surface area contributed by atoms with E-state index in [4.69, 9.17) is 9.47 Å². The molecule has 112 valence electrons. The molecule has 0 aliphatic rings. The lowest BCUT2D eigenvalue weighted by Crippen LogP contribution is -2.49. The second kappa shape index (κ2) is 7.14. The van der Waals surface area contributed by atoms with Gasteiger partial charge in [-0.05, 0) is 26.8 Å². The molecule has 0 heterocycles. The predicted molar refractivity (Wildman–Crippen MR) is 79.0 cm³/mol. The summed E-state index contributed by atoms with van der Waals surface area (Å²) in [5.74, 6) is 0.753. The van der Waals surface area contributed by atoms with Crippen LogP contribution in [0.5, 0.6) is 5.75 Å². The number of ether oxygens (including phenoxy) is 2. The van der Waals surface area contributed by atoms with Gasteiger partial charge >= 0.3 is 6.03 Å². The van der Waals surface area contributed by atoms with Gasteiger partial charge in [-0.25, -0.2) is 4.79 Å². The molecule has 0 radical (unpaired) electrons. The van der Waals surface area contributed by atoms with Crippen molar-refractivity contribution in [2.24, 2.45) is 0 Å². The number of benzene rings is 1. The molecule has 1 aromatic carbocycles. The van der Waals surface area contributed by atoms with Crippen LogP contribution in [0.3, 0.4) is 0 Å². The minimum atomic E-state index is -0.538. The van der Waals surface area contributed by atoms with E-state index in [0.29, 0.717) is 6.61 Å². The third kappa shape index (κ3) is 4.42. The number of rotatable bonds is 6. The maximum atomic E-state index is 12.0. The van der Waals surface area contributed by atoms with Crippen molar-refractivity contribution < 1.29 is 14.3 Å². The van der Waals surface area contributed by atoms with Crippen LogP contribution in [0.4, 0.5) is 4.79 Å². The van der Waals surface area contributed by atoms with Gasteiger partial charge in [-0.3, -0.25) is 0 Å². The first kappa shape index (κ1) is 16.3. The van der Waals surface area contributed by atoms with Crippen molar-refractivity contribution in [2.45, 2.75) is 32.4 Å². The number of hydrogen-bond acceptors (Lipinski definition) is 3. The summed E-state index contributed by atoms with van der Waals surface area (Å²) in [4.78, 5) is 12.0. The third-order valence-corrected chi connectivity index (χ3v) is 3.00. The van der Waals surface area contributed by atoms with Gasteiger partial charge in [0.1, 0.15) is 5.75 Å². The highest BCUT2D eigenvalue weighted by Crippen LogP contribution is 2.29. The number of carbonyl (C=O) groups excluding carboxylic acids is 1. The highest BCUT2D eigenvalue weighted by molar-refractivity contribution is 5.75. The Morgan fingerprint density at radius 2 is 1.95 bits per heavy atom. The molecule has 1 rings (SSSR count). The van der Waals surface area contributed by atoms with E-state index in [2.05, 4.69) is 10.6 Å². The van der Waals surface area contributed by atoms with Gasteiger partial charge in [-0.15, -0.1) is 0 Å². The number of carbonyl (C=O) groups is 1. The van der Waals surface area contributed by atoms with Crippen LogP contribution in [0.2, 0.25) is 0 Å². The van der Waals surface area contributed by atoms with Gasteiger partial charge in [-0.1, -0.05) is 18.2 Å². The normalized spacial score (nSPS) is 12.7. The topological polar surface area (TPSA) is 59.6 Å². The lowest BCUT2D eigenvalue weighted by Gasteiger charge is -2.29. The molecular formula is C15H24N2O3. The number of methoxy groups -OCH3 is 2. The molecule has 1 aromatic rings. The zero-order valence-electron chi connectivity index (χ0n) is 12.8. The van der Waals surface area contributed by atoms with E-state index in [9.17, 15) is 4.79 Å². The predicted octanol–water partition coefficient (Wildman–Crippen LogP) is 2.26. The van der Waals surface area contributed by atoms with Crippen molar-refractivity contribution in [1.82, 2.24) is 10.6 Å². The summed E-state index contributed by atoms with van der Waals surface area (Å²) in [6, 6.07) is 7.37. The first-order valence-corrected chi connectivity index (χ1v) is 6.62. The summed E-state index contributed by atoms with van der Waals surface area (Å²) in [7, 11) is 3.23. The smallest absolute Gasteiger partial charge is 0.315 e. The molecule has 5 heteroatoms. The van der Waals surface area contributed by atoms with E-state index >= 15 is 0 Å². The summed E-state index contributed by atoms with van der Waals surface area (Å²) in [6.07, 6.45) is 0. The van der Waals surface area contributed by atoms with Crippen LogP contribution in [-0.2, 0) is 10.3 Å². The van der Waals surface area contributed by atoms with Crippen molar-refractivity contribution in [3.8, 4) is 5.75 Å². The monoisotopic (exact) mass is 280 g/mol. The molecule has 0 aliphatic heterocycles. The average Bonchev–Trinajstić information content (AvgIpc) is 2.38. The zero-order valence-corrected chi connectivity index (χ0v) is 12.8. The summed E-state index contributed by atoms with van der Waals surface area (Å²) < 4.78 is 10.3. The molecule has 0 aliphatic carbocycles. The SMILES string of the molecule is COC[C@H](C)NC(=O)NC(C)(C)c1ccccc1OC. The van der Waals surface area contributed by atoms with E-state index in [1.54, 1.807) is 14.2 Å². The highest BCUT2D eigenvalue weighted by Gasteiger charge is 2.26. The van der Waals surface area contributed by atoms with Gasteiger partial charge in [-0.2, -0.15) is 0 Å². The molecule has 5 nitrogen and oxygen atoms in total. The fourth-order valence-electron chi connectivity index (χ4n) is 2.06. The van der Waals surface area contributed by atoms with E-state index in [-0.39, 0.29) is 12.1 Å². The Balaban J connectivity index is 2.76. The van der Waals surface area contributed by atoms with E-state index in [0.717, 1.165) is 11.3 Å². The molecule has 20 heavy (non-hydrogen) atoms. The Morgan fingerprint density at radius 3 is 2.55 bits per heavy atom. The lowest BCUT2D eigenvalue weighted by atomic mass is 9.93. The molecule has 1 atom stereocenters. The lowest BCUT2D eigenvalue weighted by molar-refractivity contribution is 0.169. The van der Waals surface area contributed by atoms with Crippen molar-refractivity contribution in [2.75, 3.05) is 20.8 Å². The van der Waals surface area contributed by atoms with Crippen LogP contribution < -0.4 is 15.4 Å². The second-order valence-electron chi connectivity index (χ2n) is 5.28. The maximum absolute atomic E-state index is 12.0. The van der Waals surface area contributed by atoms with Gasteiger partial charge in [0.25, 0.3) is 0 Å². The van der Waals surface area contributed by atoms with Crippen LogP contribution in [0, 0.1) is 0 Å². The average molecular weight is 280 g/mol. The summed E-state index contributed by atoms with van der Waals surface area (Å²) in [6.45, 7) is 6.23.